The number of carbonyl (C=O) groups is 1. The minimum absolute atomic E-state index is 0.165. The molecule has 0 saturated heterocycles. The third-order valence-corrected chi connectivity index (χ3v) is 6.39. The first-order chi connectivity index (χ1) is 19.9. The molecule has 0 unspecified atom stereocenters. The zero-order valence-corrected chi connectivity index (χ0v) is 22.9. The Bertz CT molecular complexity index is 1740. The predicted octanol–water partition coefficient (Wildman–Crippen LogP) is 4.78. The van der Waals surface area contributed by atoms with Gasteiger partial charge in [-0.25, -0.2) is 19.3 Å². The fourth-order valence-corrected chi connectivity index (χ4v) is 4.53. The smallest absolute Gasteiger partial charge is 0.339 e. The molecule has 3 aromatic carbocycles. The molecule has 5 rings (SSSR count). The molecule has 41 heavy (non-hydrogen) atoms. The van der Waals surface area contributed by atoms with Crippen molar-refractivity contribution in [2.75, 3.05) is 31.2 Å². The first-order valence-corrected chi connectivity index (χ1v) is 13.3. The van der Waals surface area contributed by atoms with Crippen molar-refractivity contribution in [2.24, 2.45) is 0 Å². The van der Waals surface area contributed by atoms with Crippen LogP contribution in [0.1, 0.15) is 13.3 Å². The van der Waals surface area contributed by atoms with Crippen molar-refractivity contribution in [2.45, 2.75) is 13.3 Å². The van der Waals surface area contributed by atoms with Gasteiger partial charge in [-0.15, -0.1) is 0 Å². The quantitative estimate of drug-likeness (QED) is 0.241. The van der Waals surface area contributed by atoms with E-state index in [0.29, 0.717) is 46.3 Å². The number of hydrogen-bond donors (Lipinski definition) is 2. The van der Waals surface area contributed by atoms with Crippen LogP contribution in [-0.2, 0) is 4.79 Å². The summed E-state index contributed by atoms with van der Waals surface area (Å²) < 4.78 is 8.81. The highest BCUT2D eigenvalue weighted by Crippen LogP contribution is 2.26. The van der Waals surface area contributed by atoms with Crippen molar-refractivity contribution < 1.29 is 9.53 Å². The minimum atomic E-state index is -0.383. The molecule has 3 N–H and O–H groups in total. The van der Waals surface area contributed by atoms with Gasteiger partial charge in [-0.05, 0) is 74.6 Å². The number of nitrogens with zero attached hydrogens (tertiary/aromatic N) is 5. The number of aromatic nitrogens is 4. The van der Waals surface area contributed by atoms with Gasteiger partial charge in [0, 0.05) is 18.3 Å². The van der Waals surface area contributed by atoms with Crippen molar-refractivity contribution in [3.8, 4) is 22.9 Å². The molecular weight excluding hydrogens is 518 g/mol. The molecule has 2 aromatic heterocycles. The van der Waals surface area contributed by atoms with E-state index in [1.807, 2.05) is 43.5 Å². The van der Waals surface area contributed by atoms with Gasteiger partial charge in [0.1, 0.15) is 23.3 Å². The number of amides is 1. The molecule has 10 heteroatoms. The van der Waals surface area contributed by atoms with Crippen LogP contribution in [0.5, 0.6) is 11.5 Å². The first-order valence-electron chi connectivity index (χ1n) is 13.3. The van der Waals surface area contributed by atoms with Crippen molar-refractivity contribution in [1.29, 1.82) is 0 Å². The second-order valence-electron chi connectivity index (χ2n) is 9.50. The number of nitrogen functional groups attached to an aromatic ring is 1. The lowest BCUT2D eigenvalue weighted by molar-refractivity contribution is -0.111. The molecule has 0 bridgehead atoms. The largest absolute Gasteiger partial charge is 0.457 e. The lowest BCUT2D eigenvalue weighted by Crippen LogP contribution is -2.22. The van der Waals surface area contributed by atoms with Crippen LogP contribution in [-0.4, -0.2) is 50.0 Å². The Morgan fingerprint density at radius 2 is 1.73 bits per heavy atom. The second-order valence-corrected chi connectivity index (χ2v) is 9.50. The van der Waals surface area contributed by atoms with Crippen LogP contribution in [0.2, 0.25) is 0 Å². The molecule has 0 saturated carbocycles. The average Bonchev–Trinajstić information content (AvgIpc) is 3.27. The number of likely N-dealkylation sites (N-methyl/N-ethyl adjacent to an activating group) is 1. The Labute approximate surface area is 237 Å². The summed E-state index contributed by atoms with van der Waals surface area (Å²) in [6.45, 7) is 3.74. The van der Waals surface area contributed by atoms with Gasteiger partial charge >= 0.3 is 5.69 Å². The highest BCUT2D eigenvalue weighted by Gasteiger charge is 2.20. The van der Waals surface area contributed by atoms with E-state index in [4.69, 9.17) is 10.5 Å². The molecule has 2 heterocycles. The number of benzene rings is 3. The third kappa shape index (κ3) is 6.18. The molecule has 1 amide bonds. The van der Waals surface area contributed by atoms with Gasteiger partial charge in [-0.1, -0.05) is 37.3 Å². The fraction of sp³-hybridized carbons (Fsp3) is 0.161. The Balaban J connectivity index is 1.46. The SMILES string of the molecule is CCCN(C)C/C=C/C(=O)Nc1cccc(-n2c(=O)n(-c3ccc(Oc4ccccc4)cc3)c3c(N)ncnc32)c1. The second kappa shape index (κ2) is 12.3. The zero-order valence-electron chi connectivity index (χ0n) is 22.9. The van der Waals surface area contributed by atoms with Crippen LogP contribution in [0.3, 0.4) is 0 Å². The maximum Gasteiger partial charge on any atom is 0.339 e. The Morgan fingerprint density at radius 3 is 2.49 bits per heavy atom. The van der Waals surface area contributed by atoms with Gasteiger partial charge in [0.15, 0.2) is 11.5 Å². The summed E-state index contributed by atoms with van der Waals surface area (Å²) in [4.78, 5) is 37.0. The minimum Gasteiger partial charge on any atom is -0.457 e. The summed E-state index contributed by atoms with van der Waals surface area (Å²) in [6, 6.07) is 23.6. The monoisotopic (exact) mass is 549 g/mol. The number of imidazole rings is 1. The summed E-state index contributed by atoms with van der Waals surface area (Å²) in [7, 11) is 2.01. The van der Waals surface area contributed by atoms with Crippen LogP contribution in [0.15, 0.2) is 102 Å². The predicted molar refractivity (Wildman–Crippen MR) is 161 cm³/mol. The van der Waals surface area contributed by atoms with E-state index in [1.54, 1.807) is 48.5 Å². The third-order valence-electron chi connectivity index (χ3n) is 6.39. The van der Waals surface area contributed by atoms with Gasteiger partial charge in [0.05, 0.1) is 11.4 Å². The normalized spacial score (nSPS) is 11.4. The van der Waals surface area contributed by atoms with Gasteiger partial charge in [0.2, 0.25) is 5.91 Å². The van der Waals surface area contributed by atoms with E-state index >= 15 is 0 Å². The van der Waals surface area contributed by atoms with Gasteiger partial charge in [0.25, 0.3) is 0 Å². The summed E-state index contributed by atoms with van der Waals surface area (Å²) in [5.41, 5.74) is 8.22. The van der Waals surface area contributed by atoms with Crippen molar-refractivity contribution in [3.63, 3.8) is 0 Å². The Kier molecular flexibility index (Phi) is 8.21. The van der Waals surface area contributed by atoms with E-state index in [-0.39, 0.29) is 17.4 Å². The maximum atomic E-state index is 13.9. The number of anilines is 2. The number of ether oxygens (including phenoxy) is 1. The average molecular weight is 550 g/mol. The summed E-state index contributed by atoms with van der Waals surface area (Å²) in [5, 5.41) is 2.86. The lowest BCUT2D eigenvalue weighted by atomic mass is 10.2. The van der Waals surface area contributed by atoms with Crippen LogP contribution in [0.4, 0.5) is 11.5 Å². The molecule has 0 fully saturated rings. The number of fused-ring (bicyclic) bond motifs is 1. The summed E-state index contributed by atoms with van der Waals surface area (Å²) in [6.07, 6.45) is 5.70. The van der Waals surface area contributed by atoms with E-state index in [2.05, 4.69) is 27.1 Å². The summed E-state index contributed by atoms with van der Waals surface area (Å²) >= 11 is 0. The van der Waals surface area contributed by atoms with E-state index in [0.717, 1.165) is 13.0 Å². The Morgan fingerprint density at radius 1 is 0.976 bits per heavy atom. The highest BCUT2D eigenvalue weighted by molar-refractivity contribution is 5.99. The first kappa shape index (κ1) is 27.4. The molecule has 0 spiro atoms. The zero-order chi connectivity index (χ0) is 28.8. The van der Waals surface area contributed by atoms with Crippen LogP contribution in [0, 0.1) is 0 Å². The number of hydrogen-bond acceptors (Lipinski definition) is 7. The van der Waals surface area contributed by atoms with Gasteiger partial charge in [-0.2, -0.15) is 0 Å². The topological polar surface area (TPSA) is 120 Å². The number of carbonyl (C=O) groups excluding carboxylic acids is 1. The highest BCUT2D eigenvalue weighted by atomic mass is 16.5. The van der Waals surface area contributed by atoms with Crippen LogP contribution in [0.25, 0.3) is 22.5 Å². The molecule has 0 aliphatic rings. The van der Waals surface area contributed by atoms with Gasteiger partial charge in [-0.3, -0.25) is 9.36 Å². The van der Waals surface area contributed by atoms with Crippen LogP contribution >= 0.6 is 0 Å². The number of rotatable bonds is 10. The molecule has 0 radical (unpaired) electrons. The lowest BCUT2D eigenvalue weighted by Gasteiger charge is -2.11. The van der Waals surface area contributed by atoms with E-state index in [1.165, 1.54) is 21.5 Å². The standard InChI is InChI=1S/C31H31N7O3/c1-3-18-36(2)19-8-13-27(39)35-22-9-7-10-24(20-22)38-30-28(29(32)33-21-34-30)37(31(38)40)23-14-16-26(17-15-23)41-25-11-5-4-6-12-25/h4-17,20-21H,3,18-19H2,1-2H3,(H,35,39)(H2,32,33,34)/b13-8+. The van der Waals surface area contributed by atoms with Crippen LogP contribution < -0.4 is 21.5 Å². The molecule has 0 atom stereocenters. The number of nitrogens with two attached hydrogens (primary N) is 1. The molecule has 0 aliphatic carbocycles. The molecular formula is C31H31N7O3. The molecule has 10 nitrogen and oxygen atoms in total. The number of para-hydroxylation sites is 1. The van der Waals surface area contributed by atoms with Crippen molar-refractivity contribution >= 4 is 28.6 Å². The van der Waals surface area contributed by atoms with Crippen molar-refractivity contribution in [3.05, 3.63) is 108 Å². The molecule has 5 aromatic rings. The van der Waals surface area contributed by atoms with Crippen molar-refractivity contribution in [1.82, 2.24) is 24.0 Å². The van der Waals surface area contributed by atoms with E-state index < -0.39 is 0 Å². The molecule has 208 valence electrons. The number of nitrogens with one attached hydrogen (secondary N) is 1. The van der Waals surface area contributed by atoms with Gasteiger partial charge < -0.3 is 20.7 Å². The van der Waals surface area contributed by atoms with E-state index in [9.17, 15) is 9.59 Å². The fourth-order valence-electron chi connectivity index (χ4n) is 4.53. The summed E-state index contributed by atoms with van der Waals surface area (Å²) in [5.74, 6) is 1.23. The molecule has 0 aliphatic heterocycles. The maximum absolute atomic E-state index is 13.9. The Hall–Kier alpha value is -5.22.